The van der Waals surface area contributed by atoms with E-state index in [4.69, 9.17) is 0 Å². The van der Waals surface area contributed by atoms with Gasteiger partial charge >= 0.3 is 0 Å². The minimum Gasteiger partial charge on any atom is -0.363 e. The number of aromatic amines is 1. The quantitative estimate of drug-likeness (QED) is 0.361. The molecule has 0 bridgehead atoms. The fraction of sp³-hybridized carbons (Fsp3) is 0.323. The summed E-state index contributed by atoms with van der Waals surface area (Å²) in [5.41, 5.74) is 4.55. The third kappa shape index (κ3) is 5.01. The van der Waals surface area contributed by atoms with Gasteiger partial charge in [0.1, 0.15) is 0 Å². The minimum absolute atomic E-state index is 0.0315. The Balaban J connectivity index is 1.29. The van der Waals surface area contributed by atoms with Crippen molar-refractivity contribution in [3.05, 3.63) is 90.0 Å². The van der Waals surface area contributed by atoms with Crippen LogP contribution >= 0.6 is 0 Å². The number of carbonyl (C=O) groups excluding carboxylic acids is 2. The fourth-order valence-electron chi connectivity index (χ4n) is 5.82. The minimum atomic E-state index is 0.0315. The molecule has 1 saturated carbocycles. The second-order valence-electron chi connectivity index (χ2n) is 10.4. The Hall–Kier alpha value is -4.13. The maximum Gasteiger partial charge on any atom is 0.254 e. The average Bonchev–Trinajstić information content (AvgIpc) is 3.41. The predicted octanol–water partition coefficient (Wildman–Crippen LogP) is 5.74. The smallest absolute Gasteiger partial charge is 0.254 e. The molecule has 0 saturated heterocycles. The number of amides is 2. The number of hydrogen-bond acceptors (Lipinski definition) is 4. The first-order valence-electron chi connectivity index (χ1n) is 13.6. The van der Waals surface area contributed by atoms with Gasteiger partial charge in [0.05, 0.1) is 18.6 Å². The van der Waals surface area contributed by atoms with Gasteiger partial charge < -0.3 is 20.1 Å². The summed E-state index contributed by atoms with van der Waals surface area (Å²) in [5.74, 6) is 0.241. The number of H-pyrrole nitrogens is 1. The molecular weight excluding hydrogens is 474 g/mol. The van der Waals surface area contributed by atoms with Gasteiger partial charge in [0, 0.05) is 48.7 Å². The van der Waals surface area contributed by atoms with Crippen LogP contribution in [0.4, 0.5) is 11.4 Å². The van der Waals surface area contributed by atoms with Gasteiger partial charge in [-0.2, -0.15) is 0 Å². The number of rotatable bonds is 5. The molecule has 1 aromatic heterocycles. The summed E-state index contributed by atoms with van der Waals surface area (Å²) in [6.45, 7) is 2.37. The average molecular weight is 508 g/mol. The molecule has 38 heavy (non-hydrogen) atoms. The molecule has 1 aliphatic heterocycles. The summed E-state index contributed by atoms with van der Waals surface area (Å²) in [6.07, 6.45) is 8.99. The molecule has 2 N–H and O–H groups in total. The van der Waals surface area contributed by atoms with Gasteiger partial charge in [-0.3, -0.25) is 9.59 Å². The fourth-order valence-corrected chi connectivity index (χ4v) is 5.82. The Bertz CT molecular complexity index is 1440. The van der Waals surface area contributed by atoms with Gasteiger partial charge in [0.25, 0.3) is 5.91 Å². The molecule has 7 nitrogen and oxygen atoms in total. The number of fused-ring (bicyclic) bond motifs is 2. The molecule has 7 heteroatoms. The molecule has 0 spiro atoms. The van der Waals surface area contributed by atoms with Gasteiger partial charge in [-0.05, 0) is 47.4 Å². The Morgan fingerprint density at radius 2 is 1.82 bits per heavy atom. The van der Waals surface area contributed by atoms with E-state index < -0.39 is 0 Å². The zero-order valence-electron chi connectivity index (χ0n) is 21.5. The van der Waals surface area contributed by atoms with E-state index in [9.17, 15) is 9.59 Å². The Kier molecular flexibility index (Phi) is 6.82. The normalized spacial score (nSPS) is 16.2. The summed E-state index contributed by atoms with van der Waals surface area (Å²) in [7, 11) is 0. The third-order valence-electron chi connectivity index (χ3n) is 7.89. The molecule has 6 rings (SSSR count). The molecular formula is C31H33N5O2. The highest BCUT2D eigenvalue weighted by molar-refractivity contribution is 6.07. The van der Waals surface area contributed by atoms with E-state index in [1.165, 1.54) is 6.42 Å². The summed E-state index contributed by atoms with van der Waals surface area (Å²) in [4.78, 5) is 38.4. The number of hydrogen-bond donors (Lipinski definition) is 2. The van der Waals surface area contributed by atoms with Gasteiger partial charge in [0.15, 0.2) is 0 Å². The first kappa shape index (κ1) is 24.2. The highest BCUT2D eigenvalue weighted by Gasteiger charge is 2.26. The lowest BCUT2D eigenvalue weighted by molar-refractivity contribution is -0.120. The summed E-state index contributed by atoms with van der Waals surface area (Å²) < 4.78 is 0. The van der Waals surface area contributed by atoms with E-state index in [1.807, 2.05) is 59.6 Å². The van der Waals surface area contributed by atoms with Crippen molar-refractivity contribution in [3.63, 3.8) is 0 Å². The lowest BCUT2D eigenvalue weighted by Gasteiger charge is -2.25. The van der Waals surface area contributed by atoms with E-state index in [1.54, 1.807) is 6.33 Å². The lowest BCUT2D eigenvalue weighted by atomic mass is 9.88. The van der Waals surface area contributed by atoms with Gasteiger partial charge in [-0.25, -0.2) is 4.98 Å². The van der Waals surface area contributed by atoms with Crippen molar-refractivity contribution < 1.29 is 9.59 Å². The summed E-state index contributed by atoms with van der Waals surface area (Å²) >= 11 is 0. The molecule has 1 fully saturated rings. The van der Waals surface area contributed by atoms with Crippen LogP contribution in [0.2, 0.25) is 0 Å². The van der Waals surface area contributed by atoms with Crippen LogP contribution in [0.1, 0.15) is 53.7 Å². The van der Waals surface area contributed by atoms with Gasteiger partial charge in [-0.1, -0.05) is 61.7 Å². The zero-order valence-corrected chi connectivity index (χ0v) is 21.5. The first-order chi connectivity index (χ1) is 18.7. The lowest BCUT2D eigenvalue weighted by Crippen LogP contribution is -2.35. The van der Waals surface area contributed by atoms with E-state index >= 15 is 0 Å². The monoisotopic (exact) mass is 507 g/mol. The van der Waals surface area contributed by atoms with Crippen LogP contribution in [-0.2, 0) is 17.9 Å². The maximum absolute atomic E-state index is 13.8. The van der Waals surface area contributed by atoms with Crippen LogP contribution in [0.3, 0.4) is 0 Å². The number of benzene rings is 3. The van der Waals surface area contributed by atoms with Crippen LogP contribution in [0.25, 0.3) is 10.8 Å². The molecule has 3 aromatic carbocycles. The predicted molar refractivity (Wildman–Crippen MR) is 150 cm³/mol. The molecule has 2 amide bonds. The van der Waals surface area contributed by atoms with E-state index in [-0.39, 0.29) is 17.7 Å². The first-order valence-corrected chi connectivity index (χ1v) is 13.6. The van der Waals surface area contributed by atoms with Crippen LogP contribution in [-0.4, -0.2) is 39.8 Å². The molecule has 194 valence electrons. The molecule has 0 radical (unpaired) electrons. The topological polar surface area (TPSA) is 81.3 Å². The molecule has 0 unspecified atom stereocenters. The SMILES string of the molecule is O=C(Nc1ccc2c(c1)N(Cc1c[nH]cn1)CCN(C(=O)c1cccc3ccccc13)C2)C1CCCCC1. The van der Waals surface area contributed by atoms with Gasteiger partial charge in [0.2, 0.25) is 5.91 Å². The van der Waals surface area contributed by atoms with Crippen LogP contribution < -0.4 is 10.2 Å². The molecule has 2 heterocycles. The van der Waals surface area contributed by atoms with Crippen molar-refractivity contribution in [3.8, 4) is 0 Å². The number of anilines is 2. The zero-order chi connectivity index (χ0) is 25.9. The number of nitrogens with one attached hydrogen (secondary N) is 2. The standard InChI is InChI=1S/C31H33N5O2/c37-30(23-8-2-1-3-9-23)34-25-14-13-24-19-36(16-15-35(29(24)17-25)20-26-18-32-21-33-26)31(38)28-12-6-10-22-7-4-5-11-27(22)28/h4-7,10-14,17-18,21,23H,1-3,8-9,15-16,19-20H2,(H,32,33)(H,34,37). The number of nitrogens with zero attached hydrogens (tertiary/aromatic N) is 3. The second-order valence-corrected chi connectivity index (χ2v) is 10.4. The highest BCUT2D eigenvalue weighted by Crippen LogP contribution is 2.32. The van der Waals surface area contributed by atoms with Crippen molar-refractivity contribution in [2.45, 2.75) is 45.2 Å². The molecule has 4 aromatic rings. The van der Waals surface area contributed by atoms with Crippen molar-refractivity contribution >= 4 is 34.0 Å². The van der Waals surface area contributed by atoms with E-state index in [0.717, 1.165) is 64.7 Å². The Morgan fingerprint density at radius 3 is 2.66 bits per heavy atom. The van der Waals surface area contributed by atoms with Crippen molar-refractivity contribution in [2.75, 3.05) is 23.3 Å². The maximum atomic E-state index is 13.8. The van der Waals surface area contributed by atoms with Crippen LogP contribution in [0.5, 0.6) is 0 Å². The van der Waals surface area contributed by atoms with Crippen LogP contribution in [0, 0.1) is 5.92 Å². The van der Waals surface area contributed by atoms with Gasteiger partial charge in [-0.15, -0.1) is 0 Å². The van der Waals surface area contributed by atoms with Crippen molar-refractivity contribution in [2.24, 2.45) is 5.92 Å². The largest absolute Gasteiger partial charge is 0.363 e. The van der Waals surface area contributed by atoms with E-state index in [0.29, 0.717) is 26.2 Å². The van der Waals surface area contributed by atoms with Crippen molar-refractivity contribution in [1.82, 2.24) is 14.9 Å². The number of carbonyl (C=O) groups is 2. The Labute approximate surface area is 222 Å². The van der Waals surface area contributed by atoms with E-state index in [2.05, 4.69) is 32.3 Å². The highest BCUT2D eigenvalue weighted by atomic mass is 16.2. The Morgan fingerprint density at radius 1 is 0.974 bits per heavy atom. The number of imidazole rings is 1. The van der Waals surface area contributed by atoms with Crippen LogP contribution in [0.15, 0.2) is 73.2 Å². The molecule has 1 aliphatic carbocycles. The second kappa shape index (κ2) is 10.7. The summed E-state index contributed by atoms with van der Waals surface area (Å²) in [5, 5.41) is 5.21. The summed E-state index contributed by atoms with van der Waals surface area (Å²) in [6, 6.07) is 20.0. The number of aromatic nitrogens is 2. The molecule has 0 atom stereocenters. The van der Waals surface area contributed by atoms with Crippen molar-refractivity contribution in [1.29, 1.82) is 0 Å². The molecule has 2 aliphatic rings. The third-order valence-corrected chi connectivity index (χ3v) is 7.89.